The number of nitrogens with one attached hydrogen (secondary N) is 1. The SMILES string of the molecule is O=c1oc(-c2nc(-c3ccccc3)n[nH]2)nc2ccccc12. The predicted octanol–water partition coefficient (Wildman–Crippen LogP) is 2.64. The van der Waals surface area contributed by atoms with E-state index in [4.69, 9.17) is 4.42 Å². The Morgan fingerprint density at radius 3 is 2.55 bits per heavy atom. The number of hydrogen-bond donors (Lipinski definition) is 1. The van der Waals surface area contributed by atoms with E-state index in [0.29, 0.717) is 22.6 Å². The zero-order valence-corrected chi connectivity index (χ0v) is 11.4. The van der Waals surface area contributed by atoms with Gasteiger partial charge >= 0.3 is 5.63 Å². The summed E-state index contributed by atoms with van der Waals surface area (Å²) in [5, 5.41) is 7.33. The lowest BCUT2D eigenvalue weighted by molar-refractivity contribution is 0.514. The summed E-state index contributed by atoms with van der Waals surface area (Å²) in [5.74, 6) is 0.966. The van der Waals surface area contributed by atoms with Gasteiger partial charge in [0.15, 0.2) is 5.82 Å². The van der Waals surface area contributed by atoms with Crippen LogP contribution in [0.1, 0.15) is 0 Å². The molecule has 6 heteroatoms. The molecular weight excluding hydrogens is 280 g/mol. The number of para-hydroxylation sites is 1. The Morgan fingerprint density at radius 1 is 0.909 bits per heavy atom. The largest absolute Gasteiger partial charge is 0.400 e. The van der Waals surface area contributed by atoms with Crippen LogP contribution < -0.4 is 5.63 Å². The number of fused-ring (bicyclic) bond motifs is 1. The molecule has 4 aromatic rings. The van der Waals surface area contributed by atoms with Crippen molar-refractivity contribution >= 4 is 10.9 Å². The van der Waals surface area contributed by atoms with E-state index in [2.05, 4.69) is 20.2 Å². The Kier molecular flexibility index (Phi) is 2.79. The number of aromatic amines is 1. The van der Waals surface area contributed by atoms with E-state index in [1.54, 1.807) is 18.2 Å². The Hall–Kier alpha value is -3.28. The Labute approximate surface area is 124 Å². The van der Waals surface area contributed by atoms with Crippen LogP contribution in [0.15, 0.2) is 63.8 Å². The molecule has 0 fully saturated rings. The molecular formula is C16H10N4O2. The highest BCUT2D eigenvalue weighted by Gasteiger charge is 2.13. The zero-order chi connectivity index (χ0) is 14.9. The lowest BCUT2D eigenvalue weighted by atomic mass is 10.2. The van der Waals surface area contributed by atoms with Crippen LogP contribution in [-0.2, 0) is 0 Å². The number of H-pyrrole nitrogens is 1. The molecule has 0 saturated carbocycles. The summed E-state index contributed by atoms with van der Waals surface area (Å²) < 4.78 is 5.23. The van der Waals surface area contributed by atoms with E-state index >= 15 is 0 Å². The summed E-state index contributed by atoms with van der Waals surface area (Å²) in [7, 11) is 0. The van der Waals surface area contributed by atoms with Gasteiger partial charge in [0.25, 0.3) is 5.89 Å². The van der Waals surface area contributed by atoms with Gasteiger partial charge in [0.1, 0.15) is 0 Å². The molecule has 6 nitrogen and oxygen atoms in total. The molecule has 0 bridgehead atoms. The third-order valence-corrected chi connectivity index (χ3v) is 3.26. The van der Waals surface area contributed by atoms with Crippen molar-refractivity contribution in [2.45, 2.75) is 0 Å². The monoisotopic (exact) mass is 290 g/mol. The van der Waals surface area contributed by atoms with E-state index in [1.807, 2.05) is 36.4 Å². The summed E-state index contributed by atoms with van der Waals surface area (Å²) in [6.07, 6.45) is 0. The molecule has 0 saturated heterocycles. The predicted molar refractivity (Wildman–Crippen MR) is 81.1 cm³/mol. The Balaban J connectivity index is 1.83. The highest BCUT2D eigenvalue weighted by Crippen LogP contribution is 2.19. The molecule has 0 amide bonds. The number of nitrogens with zero attached hydrogens (tertiary/aromatic N) is 3. The van der Waals surface area contributed by atoms with Crippen LogP contribution in [0.2, 0.25) is 0 Å². The quantitative estimate of drug-likeness (QED) is 0.613. The number of hydrogen-bond acceptors (Lipinski definition) is 5. The Morgan fingerprint density at radius 2 is 1.68 bits per heavy atom. The molecule has 0 atom stereocenters. The maximum Gasteiger partial charge on any atom is 0.347 e. The van der Waals surface area contributed by atoms with Crippen molar-refractivity contribution in [3.8, 4) is 23.1 Å². The molecule has 2 aromatic heterocycles. The topological polar surface area (TPSA) is 84.7 Å². The van der Waals surface area contributed by atoms with Gasteiger partial charge in [-0.1, -0.05) is 42.5 Å². The second-order valence-electron chi connectivity index (χ2n) is 4.70. The van der Waals surface area contributed by atoms with Gasteiger partial charge in [-0.3, -0.25) is 5.10 Å². The molecule has 0 aliphatic heterocycles. The third-order valence-electron chi connectivity index (χ3n) is 3.26. The fraction of sp³-hybridized carbons (Fsp3) is 0. The smallest absolute Gasteiger partial charge is 0.347 e. The fourth-order valence-corrected chi connectivity index (χ4v) is 2.19. The minimum absolute atomic E-state index is 0.124. The van der Waals surface area contributed by atoms with Gasteiger partial charge in [0, 0.05) is 5.56 Å². The van der Waals surface area contributed by atoms with Crippen molar-refractivity contribution in [2.24, 2.45) is 0 Å². The number of benzene rings is 2. The molecule has 0 unspecified atom stereocenters. The second-order valence-corrected chi connectivity index (χ2v) is 4.70. The molecule has 2 heterocycles. The van der Waals surface area contributed by atoms with Gasteiger partial charge < -0.3 is 4.42 Å². The first-order valence-electron chi connectivity index (χ1n) is 6.69. The Bertz CT molecular complexity index is 1010. The van der Waals surface area contributed by atoms with Crippen molar-refractivity contribution in [2.75, 3.05) is 0 Å². The lowest BCUT2D eigenvalue weighted by Crippen LogP contribution is -2.03. The summed E-state index contributed by atoms with van der Waals surface area (Å²) in [6.45, 7) is 0. The van der Waals surface area contributed by atoms with Crippen LogP contribution in [0.5, 0.6) is 0 Å². The molecule has 2 aromatic carbocycles. The van der Waals surface area contributed by atoms with Crippen LogP contribution >= 0.6 is 0 Å². The number of rotatable bonds is 2. The van der Waals surface area contributed by atoms with Crippen molar-refractivity contribution in [1.29, 1.82) is 0 Å². The summed E-state index contributed by atoms with van der Waals surface area (Å²) in [5.41, 5.74) is 0.984. The first-order chi connectivity index (χ1) is 10.8. The second kappa shape index (κ2) is 4.92. The van der Waals surface area contributed by atoms with E-state index in [0.717, 1.165) is 5.56 Å². The highest BCUT2D eigenvalue weighted by atomic mass is 16.4. The maximum atomic E-state index is 12.0. The van der Waals surface area contributed by atoms with Crippen LogP contribution in [-0.4, -0.2) is 20.2 Å². The van der Waals surface area contributed by atoms with Gasteiger partial charge in [0.05, 0.1) is 10.9 Å². The summed E-state index contributed by atoms with van der Waals surface area (Å²) >= 11 is 0. The number of aromatic nitrogens is 4. The van der Waals surface area contributed by atoms with Crippen molar-refractivity contribution in [1.82, 2.24) is 20.2 Å². The van der Waals surface area contributed by atoms with Crippen LogP contribution in [0.3, 0.4) is 0 Å². The van der Waals surface area contributed by atoms with E-state index < -0.39 is 5.63 Å². The van der Waals surface area contributed by atoms with Gasteiger partial charge in [-0.05, 0) is 12.1 Å². The minimum atomic E-state index is -0.446. The normalized spacial score (nSPS) is 10.9. The molecule has 0 spiro atoms. The molecule has 0 radical (unpaired) electrons. The molecule has 4 rings (SSSR count). The first-order valence-corrected chi connectivity index (χ1v) is 6.69. The zero-order valence-electron chi connectivity index (χ0n) is 11.4. The third kappa shape index (κ3) is 2.07. The summed E-state index contributed by atoms with van der Waals surface area (Å²) in [6, 6.07) is 16.5. The van der Waals surface area contributed by atoms with Crippen molar-refractivity contribution < 1.29 is 4.42 Å². The van der Waals surface area contributed by atoms with E-state index in [9.17, 15) is 4.79 Å². The highest BCUT2D eigenvalue weighted by molar-refractivity contribution is 5.77. The van der Waals surface area contributed by atoms with Crippen molar-refractivity contribution in [3.63, 3.8) is 0 Å². The average molecular weight is 290 g/mol. The van der Waals surface area contributed by atoms with E-state index in [1.165, 1.54) is 0 Å². The molecule has 106 valence electrons. The van der Waals surface area contributed by atoms with Gasteiger partial charge in [0.2, 0.25) is 5.82 Å². The fourth-order valence-electron chi connectivity index (χ4n) is 2.19. The van der Waals surface area contributed by atoms with E-state index in [-0.39, 0.29) is 5.89 Å². The lowest BCUT2D eigenvalue weighted by Gasteiger charge is -1.97. The molecule has 1 N–H and O–H groups in total. The molecule has 0 aliphatic carbocycles. The van der Waals surface area contributed by atoms with Crippen LogP contribution in [0.25, 0.3) is 34.0 Å². The molecule has 0 aliphatic rings. The summed E-state index contributed by atoms with van der Waals surface area (Å²) in [4.78, 5) is 20.6. The van der Waals surface area contributed by atoms with Crippen LogP contribution in [0, 0.1) is 0 Å². The first kappa shape index (κ1) is 12.5. The van der Waals surface area contributed by atoms with Gasteiger partial charge in [-0.15, -0.1) is 0 Å². The van der Waals surface area contributed by atoms with Crippen molar-refractivity contribution in [3.05, 3.63) is 65.0 Å². The maximum absolute atomic E-state index is 12.0. The molecule has 22 heavy (non-hydrogen) atoms. The minimum Gasteiger partial charge on any atom is -0.400 e. The van der Waals surface area contributed by atoms with Gasteiger partial charge in [-0.25, -0.2) is 14.8 Å². The average Bonchev–Trinajstić information content (AvgIpc) is 3.06. The standard InChI is InChI=1S/C16H10N4O2/c21-16-11-8-4-5-9-12(11)17-15(22-16)14-18-13(19-20-14)10-6-2-1-3-7-10/h1-9H,(H,18,19,20). The van der Waals surface area contributed by atoms with Crippen LogP contribution in [0.4, 0.5) is 0 Å². The van der Waals surface area contributed by atoms with Gasteiger partial charge in [-0.2, -0.15) is 5.10 Å².